The summed E-state index contributed by atoms with van der Waals surface area (Å²) in [6.07, 6.45) is 1.57. The van der Waals surface area contributed by atoms with Crippen LogP contribution in [-0.2, 0) is 12.1 Å². The van der Waals surface area contributed by atoms with Gasteiger partial charge in [-0.3, -0.25) is 0 Å². The third-order valence-corrected chi connectivity index (χ3v) is 3.91. The Hall–Kier alpha value is -2.27. The Bertz CT molecular complexity index is 840. The van der Waals surface area contributed by atoms with Crippen molar-refractivity contribution in [2.75, 3.05) is 5.73 Å². The largest absolute Gasteiger partial charge is 0.463 e. The van der Waals surface area contributed by atoms with Crippen LogP contribution in [0.3, 0.4) is 0 Å². The summed E-state index contributed by atoms with van der Waals surface area (Å²) in [5.74, 6) is 1.34. The second-order valence-corrected chi connectivity index (χ2v) is 6.29. The molecule has 3 rings (SSSR count). The number of anilines is 1. The highest BCUT2D eigenvalue weighted by atomic mass is 35.5. The normalized spacial score (nSPS) is 11.8. The number of ether oxygens (including phenoxy) is 1. The lowest BCUT2D eigenvalue weighted by Gasteiger charge is -2.26. The predicted octanol–water partition coefficient (Wildman–Crippen LogP) is 4.00. The molecule has 2 N–H and O–H groups in total. The van der Waals surface area contributed by atoms with Gasteiger partial charge in [-0.15, -0.1) is 0 Å². The van der Waals surface area contributed by atoms with Gasteiger partial charge in [0.05, 0.1) is 16.1 Å². The molecule has 0 spiro atoms. The van der Waals surface area contributed by atoms with Crippen molar-refractivity contribution in [3.05, 3.63) is 47.4 Å². The zero-order chi connectivity index (χ0) is 16.6. The van der Waals surface area contributed by atoms with Gasteiger partial charge in [-0.1, -0.05) is 11.6 Å². The van der Waals surface area contributed by atoms with Gasteiger partial charge in [0.1, 0.15) is 0 Å². The molecule has 0 atom stereocenters. The second kappa shape index (κ2) is 5.74. The van der Waals surface area contributed by atoms with Crippen LogP contribution >= 0.6 is 11.6 Å². The number of aromatic nitrogens is 3. The number of pyridine rings is 1. The topological polar surface area (TPSA) is 66.0 Å². The quantitative estimate of drug-likeness (QED) is 0.734. The van der Waals surface area contributed by atoms with Gasteiger partial charge in [0.25, 0.3) is 0 Å². The first kappa shape index (κ1) is 15.6. The fourth-order valence-electron chi connectivity index (χ4n) is 2.66. The third-order valence-electron chi connectivity index (χ3n) is 3.69. The molecule has 2 heterocycles. The lowest BCUT2D eigenvalue weighted by atomic mass is 10.1. The number of nitrogens with zero attached hydrogens (tertiary/aromatic N) is 3. The fraction of sp³-hybridized carbons (Fsp3) is 0.294. The van der Waals surface area contributed by atoms with E-state index in [0.717, 1.165) is 23.4 Å². The summed E-state index contributed by atoms with van der Waals surface area (Å²) in [4.78, 5) is 8.94. The van der Waals surface area contributed by atoms with E-state index in [0.29, 0.717) is 16.6 Å². The van der Waals surface area contributed by atoms with Gasteiger partial charge in [0.2, 0.25) is 5.88 Å². The van der Waals surface area contributed by atoms with Crippen LogP contribution in [0, 0.1) is 0 Å². The summed E-state index contributed by atoms with van der Waals surface area (Å²) in [6.45, 7) is 6.81. The van der Waals surface area contributed by atoms with Crippen LogP contribution in [0.5, 0.6) is 5.88 Å². The van der Waals surface area contributed by atoms with E-state index in [4.69, 9.17) is 27.1 Å². The molecule has 0 aliphatic rings. The summed E-state index contributed by atoms with van der Waals surface area (Å²) < 4.78 is 8.19. The maximum Gasteiger partial charge on any atom is 0.214 e. The van der Waals surface area contributed by atoms with E-state index in [1.165, 1.54) is 0 Å². The molecule has 5 nitrogen and oxygen atoms in total. The molecule has 0 fully saturated rings. The molecule has 23 heavy (non-hydrogen) atoms. The smallest absolute Gasteiger partial charge is 0.214 e. The predicted molar refractivity (Wildman–Crippen MR) is 92.7 cm³/mol. The van der Waals surface area contributed by atoms with Crippen LogP contribution in [0.15, 0.2) is 36.5 Å². The molecule has 0 bridgehead atoms. The van der Waals surface area contributed by atoms with Gasteiger partial charge in [-0.25, -0.2) is 9.97 Å². The minimum atomic E-state index is -0.648. The van der Waals surface area contributed by atoms with E-state index in [9.17, 15) is 0 Å². The van der Waals surface area contributed by atoms with Crippen LogP contribution < -0.4 is 10.5 Å². The molecule has 0 unspecified atom stereocenters. The molecule has 1 aromatic carbocycles. The number of imidazole rings is 1. The van der Waals surface area contributed by atoms with Crippen molar-refractivity contribution in [2.45, 2.75) is 32.9 Å². The van der Waals surface area contributed by atoms with Crippen molar-refractivity contribution < 1.29 is 4.74 Å². The SMILES string of the molecule is CCn1c(C(C)(C)Oc2ccc(Cl)cn2)nc2cc(N)ccc21. The average Bonchev–Trinajstić information content (AvgIpc) is 2.88. The first-order chi connectivity index (χ1) is 10.9. The maximum absolute atomic E-state index is 6.06. The van der Waals surface area contributed by atoms with Crippen LogP contribution in [0.25, 0.3) is 11.0 Å². The number of nitrogen functional groups attached to an aromatic ring is 1. The van der Waals surface area contributed by atoms with Crippen molar-refractivity contribution in [1.29, 1.82) is 0 Å². The number of benzene rings is 1. The third kappa shape index (κ3) is 2.97. The molecule has 0 aliphatic carbocycles. The molecule has 2 aromatic heterocycles. The Balaban J connectivity index is 2.04. The van der Waals surface area contributed by atoms with E-state index in [1.54, 1.807) is 18.3 Å². The molecular formula is C17H19ClN4O. The van der Waals surface area contributed by atoms with Crippen molar-refractivity contribution in [2.24, 2.45) is 0 Å². The fourth-order valence-corrected chi connectivity index (χ4v) is 2.77. The Kier molecular flexibility index (Phi) is 3.90. The summed E-state index contributed by atoms with van der Waals surface area (Å²) in [7, 11) is 0. The number of aryl methyl sites for hydroxylation is 1. The minimum absolute atomic E-state index is 0.508. The molecule has 0 radical (unpaired) electrons. The molecule has 0 amide bonds. The van der Waals surface area contributed by atoms with E-state index < -0.39 is 5.60 Å². The van der Waals surface area contributed by atoms with Crippen molar-refractivity contribution in [3.63, 3.8) is 0 Å². The van der Waals surface area contributed by atoms with E-state index in [1.807, 2.05) is 32.0 Å². The van der Waals surface area contributed by atoms with Gasteiger partial charge in [0.15, 0.2) is 11.4 Å². The van der Waals surface area contributed by atoms with Gasteiger partial charge >= 0.3 is 0 Å². The van der Waals surface area contributed by atoms with E-state index in [2.05, 4.69) is 16.5 Å². The first-order valence-corrected chi connectivity index (χ1v) is 7.85. The van der Waals surface area contributed by atoms with Crippen molar-refractivity contribution in [1.82, 2.24) is 14.5 Å². The molecule has 0 saturated carbocycles. The first-order valence-electron chi connectivity index (χ1n) is 7.47. The number of nitrogens with two attached hydrogens (primary N) is 1. The summed E-state index contributed by atoms with van der Waals surface area (Å²) in [5, 5.41) is 0.575. The molecule has 120 valence electrons. The van der Waals surface area contributed by atoms with Crippen molar-refractivity contribution >= 4 is 28.3 Å². The standard InChI is InChI=1S/C17H19ClN4O/c1-4-22-14-7-6-12(19)9-13(14)21-16(22)17(2,3)23-15-8-5-11(18)10-20-15/h5-10H,4,19H2,1-3H3. The lowest BCUT2D eigenvalue weighted by molar-refractivity contribution is 0.0889. The van der Waals surface area contributed by atoms with Crippen LogP contribution in [0.1, 0.15) is 26.6 Å². The van der Waals surface area contributed by atoms with E-state index in [-0.39, 0.29) is 0 Å². The number of fused-ring (bicyclic) bond motifs is 1. The second-order valence-electron chi connectivity index (χ2n) is 5.85. The van der Waals surface area contributed by atoms with Gasteiger partial charge < -0.3 is 15.0 Å². The molecule has 0 aliphatic heterocycles. The zero-order valence-corrected chi connectivity index (χ0v) is 14.1. The summed E-state index contributed by atoms with van der Waals surface area (Å²) in [6, 6.07) is 9.25. The summed E-state index contributed by atoms with van der Waals surface area (Å²) >= 11 is 5.87. The maximum atomic E-state index is 6.06. The zero-order valence-electron chi connectivity index (χ0n) is 13.4. The highest BCUT2D eigenvalue weighted by molar-refractivity contribution is 6.30. The number of hydrogen-bond donors (Lipinski definition) is 1. The Morgan fingerprint density at radius 3 is 2.70 bits per heavy atom. The Morgan fingerprint density at radius 2 is 2.04 bits per heavy atom. The minimum Gasteiger partial charge on any atom is -0.463 e. The molecular weight excluding hydrogens is 312 g/mol. The van der Waals surface area contributed by atoms with Gasteiger partial charge in [0, 0.05) is 24.5 Å². The molecule has 6 heteroatoms. The van der Waals surface area contributed by atoms with Gasteiger partial charge in [-0.2, -0.15) is 0 Å². The average molecular weight is 331 g/mol. The Labute approximate surface area is 140 Å². The van der Waals surface area contributed by atoms with Crippen LogP contribution in [0.2, 0.25) is 5.02 Å². The monoisotopic (exact) mass is 330 g/mol. The van der Waals surface area contributed by atoms with Crippen molar-refractivity contribution in [3.8, 4) is 5.88 Å². The number of rotatable bonds is 4. The van der Waals surface area contributed by atoms with Crippen LogP contribution in [-0.4, -0.2) is 14.5 Å². The van der Waals surface area contributed by atoms with E-state index >= 15 is 0 Å². The number of halogens is 1. The lowest BCUT2D eigenvalue weighted by Crippen LogP contribution is -2.30. The number of hydrogen-bond acceptors (Lipinski definition) is 4. The highest BCUT2D eigenvalue weighted by Crippen LogP contribution is 2.30. The highest BCUT2D eigenvalue weighted by Gasteiger charge is 2.30. The Morgan fingerprint density at radius 1 is 1.26 bits per heavy atom. The van der Waals surface area contributed by atoms with Crippen LogP contribution in [0.4, 0.5) is 5.69 Å². The summed E-state index contributed by atoms with van der Waals surface area (Å²) in [5.41, 5.74) is 7.82. The van der Waals surface area contributed by atoms with Gasteiger partial charge in [-0.05, 0) is 45.0 Å². The molecule has 0 saturated heterocycles. The molecule has 3 aromatic rings.